The summed E-state index contributed by atoms with van der Waals surface area (Å²) in [5.41, 5.74) is 1.70. The van der Waals surface area contributed by atoms with E-state index in [9.17, 15) is 4.79 Å². The van der Waals surface area contributed by atoms with Crippen molar-refractivity contribution >= 4 is 53.1 Å². The van der Waals surface area contributed by atoms with E-state index < -0.39 is 0 Å². The number of carbonyl (C=O) groups excluding carboxylic acids is 1. The third-order valence-corrected chi connectivity index (χ3v) is 4.47. The monoisotopic (exact) mass is 522 g/mol. The van der Waals surface area contributed by atoms with Crippen molar-refractivity contribution in [2.75, 3.05) is 38.2 Å². The van der Waals surface area contributed by atoms with Gasteiger partial charge in [0.05, 0.1) is 10.7 Å². The molecule has 0 bridgehead atoms. The van der Waals surface area contributed by atoms with E-state index in [1.807, 2.05) is 32.0 Å². The van der Waals surface area contributed by atoms with Crippen molar-refractivity contribution in [1.82, 2.24) is 10.6 Å². The molecule has 0 spiro atoms. The van der Waals surface area contributed by atoms with Crippen LogP contribution in [-0.4, -0.2) is 44.7 Å². The first kappa shape index (κ1) is 25.0. The number of aliphatic imine (C=N–C) groups is 1. The zero-order valence-electron chi connectivity index (χ0n) is 16.7. The summed E-state index contributed by atoms with van der Waals surface area (Å²) in [5.74, 6) is 1.44. The van der Waals surface area contributed by atoms with E-state index in [1.165, 1.54) is 12.8 Å². The molecule has 3 N–H and O–H groups in total. The number of anilines is 1. The van der Waals surface area contributed by atoms with Crippen LogP contribution in [0.1, 0.15) is 38.2 Å². The van der Waals surface area contributed by atoms with Crippen molar-refractivity contribution in [2.45, 2.75) is 39.5 Å². The lowest BCUT2D eigenvalue weighted by atomic mass is 10.2. The maximum Gasteiger partial charge on any atom is 0.226 e. The summed E-state index contributed by atoms with van der Waals surface area (Å²) in [6.07, 6.45) is 3.86. The van der Waals surface area contributed by atoms with E-state index in [0.717, 1.165) is 43.6 Å². The van der Waals surface area contributed by atoms with Crippen molar-refractivity contribution in [1.29, 1.82) is 0 Å². The van der Waals surface area contributed by atoms with E-state index in [-0.39, 0.29) is 29.9 Å². The van der Waals surface area contributed by atoms with Gasteiger partial charge in [-0.05, 0) is 56.7 Å². The van der Waals surface area contributed by atoms with Crippen LogP contribution in [0.3, 0.4) is 0 Å². The highest BCUT2D eigenvalue weighted by Crippen LogP contribution is 2.28. The second-order valence-corrected chi connectivity index (χ2v) is 7.25. The molecule has 8 heteroatoms. The van der Waals surface area contributed by atoms with Crippen molar-refractivity contribution in [3.63, 3.8) is 0 Å². The second kappa shape index (κ2) is 14.0. The van der Waals surface area contributed by atoms with Gasteiger partial charge in [-0.25, -0.2) is 0 Å². The van der Waals surface area contributed by atoms with Crippen molar-refractivity contribution in [2.24, 2.45) is 10.9 Å². The van der Waals surface area contributed by atoms with Gasteiger partial charge in [-0.2, -0.15) is 0 Å². The lowest BCUT2D eigenvalue weighted by molar-refractivity contribution is -0.116. The van der Waals surface area contributed by atoms with E-state index >= 15 is 0 Å². The van der Waals surface area contributed by atoms with Gasteiger partial charge in [0, 0.05) is 39.3 Å². The lowest BCUT2D eigenvalue weighted by Crippen LogP contribution is -2.38. The maximum atomic E-state index is 12.1. The fourth-order valence-corrected chi connectivity index (χ4v) is 2.74. The zero-order chi connectivity index (χ0) is 19.5. The molecule has 0 radical (unpaired) electrons. The summed E-state index contributed by atoms with van der Waals surface area (Å²) >= 11 is 6.14. The maximum absolute atomic E-state index is 12.1. The van der Waals surface area contributed by atoms with Crippen LogP contribution in [0.15, 0.2) is 23.2 Å². The predicted molar refractivity (Wildman–Crippen MR) is 127 cm³/mol. The van der Waals surface area contributed by atoms with E-state index in [2.05, 4.69) is 20.9 Å². The molecular formula is C20H32ClIN4O2. The summed E-state index contributed by atoms with van der Waals surface area (Å²) in [4.78, 5) is 16.6. The van der Waals surface area contributed by atoms with Crippen LogP contribution in [0.25, 0.3) is 0 Å². The first-order valence-corrected chi connectivity index (χ1v) is 10.1. The largest absolute Gasteiger partial charge is 0.381 e. The van der Waals surface area contributed by atoms with Gasteiger partial charge in [0.1, 0.15) is 0 Å². The average molecular weight is 523 g/mol. The molecule has 158 valence electrons. The Morgan fingerprint density at radius 1 is 1.32 bits per heavy atom. The SMILES string of the molecule is CCNC(=NCCCOCC1CC1)NCCC(=O)Nc1ccc(C)cc1Cl.I. The summed E-state index contributed by atoms with van der Waals surface area (Å²) in [6.45, 7) is 7.59. The van der Waals surface area contributed by atoms with Crippen LogP contribution in [0, 0.1) is 12.8 Å². The number of amides is 1. The Morgan fingerprint density at radius 2 is 2.11 bits per heavy atom. The topological polar surface area (TPSA) is 74.8 Å². The Balaban J connectivity index is 0.00000392. The fraction of sp³-hybridized carbons (Fsp3) is 0.600. The van der Waals surface area contributed by atoms with Gasteiger partial charge in [-0.3, -0.25) is 9.79 Å². The highest BCUT2D eigenvalue weighted by atomic mass is 127. The van der Waals surface area contributed by atoms with Gasteiger partial charge in [-0.15, -0.1) is 24.0 Å². The third-order valence-electron chi connectivity index (χ3n) is 4.15. The zero-order valence-corrected chi connectivity index (χ0v) is 19.8. The molecule has 0 saturated heterocycles. The minimum Gasteiger partial charge on any atom is -0.381 e. The summed E-state index contributed by atoms with van der Waals surface area (Å²) in [7, 11) is 0. The number of nitrogens with one attached hydrogen (secondary N) is 3. The fourth-order valence-electron chi connectivity index (χ4n) is 2.46. The summed E-state index contributed by atoms with van der Waals surface area (Å²) < 4.78 is 5.61. The normalized spacial score (nSPS) is 13.6. The number of hydrogen-bond acceptors (Lipinski definition) is 3. The molecule has 0 unspecified atom stereocenters. The molecule has 1 saturated carbocycles. The highest BCUT2D eigenvalue weighted by Gasteiger charge is 2.20. The highest BCUT2D eigenvalue weighted by molar-refractivity contribution is 14.0. The van der Waals surface area contributed by atoms with Gasteiger partial charge < -0.3 is 20.7 Å². The van der Waals surface area contributed by atoms with Crippen LogP contribution in [-0.2, 0) is 9.53 Å². The molecule has 6 nitrogen and oxygen atoms in total. The van der Waals surface area contributed by atoms with E-state index in [0.29, 0.717) is 30.2 Å². The standard InChI is InChI=1S/C20H31ClN4O2.HI/c1-3-22-20(23-10-4-12-27-14-16-6-7-16)24-11-9-19(26)25-18-8-5-15(2)13-17(18)21;/h5,8,13,16H,3-4,6-7,9-12,14H2,1-2H3,(H,25,26)(H2,22,23,24);1H. The summed E-state index contributed by atoms with van der Waals surface area (Å²) in [6, 6.07) is 5.57. The van der Waals surface area contributed by atoms with Crippen molar-refractivity contribution in [3.8, 4) is 0 Å². The Kier molecular flexibility index (Phi) is 12.5. The molecule has 28 heavy (non-hydrogen) atoms. The van der Waals surface area contributed by atoms with Crippen LogP contribution in [0.4, 0.5) is 5.69 Å². The van der Waals surface area contributed by atoms with Gasteiger partial charge in [0.2, 0.25) is 5.91 Å². The van der Waals surface area contributed by atoms with Gasteiger partial charge >= 0.3 is 0 Å². The minimum absolute atomic E-state index is 0. The number of carbonyl (C=O) groups is 1. The molecule has 1 aliphatic carbocycles. The predicted octanol–water partition coefficient (Wildman–Crippen LogP) is 3.97. The lowest BCUT2D eigenvalue weighted by Gasteiger charge is -2.12. The molecule has 1 aromatic carbocycles. The van der Waals surface area contributed by atoms with Crippen LogP contribution < -0.4 is 16.0 Å². The molecular weight excluding hydrogens is 491 g/mol. The second-order valence-electron chi connectivity index (χ2n) is 6.84. The molecule has 1 aromatic rings. The number of halogens is 2. The van der Waals surface area contributed by atoms with E-state index in [1.54, 1.807) is 0 Å². The Hall–Kier alpha value is -1.06. The minimum atomic E-state index is -0.0856. The number of benzene rings is 1. The average Bonchev–Trinajstić information content (AvgIpc) is 3.44. The molecule has 2 rings (SSSR count). The third kappa shape index (κ3) is 10.5. The number of rotatable bonds is 11. The van der Waals surface area contributed by atoms with Crippen molar-refractivity contribution < 1.29 is 9.53 Å². The smallest absolute Gasteiger partial charge is 0.226 e. The molecule has 1 aliphatic rings. The van der Waals surface area contributed by atoms with Gasteiger partial charge in [0.15, 0.2) is 5.96 Å². The Morgan fingerprint density at radius 3 is 2.79 bits per heavy atom. The number of ether oxygens (including phenoxy) is 1. The number of hydrogen-bond donors (Lipinski definition) is 3. The number of guanidine groups is 1. The molecule has 0 heterocycles. The quantitative estimate of drug-likeness (QED) is 0.178. The van der Waals surface area contributed by atoms with Crippen LogP contribution >= 0.6 is 35.6 Å². The van der Waals surface area contributed by atoms with Crippen LogP contribution in [0.5, 0.6) is 0 Å². The Bertz CT molecular complexity index is 639. The molecule has 0 atom stereocenters. The molecule has 0 aliphatic heterocycles. The first-order valence-electron chi connectivity index (χ1n) is 9.74. The van der Waals surface area contributed by atoms with Crippen LogP contribution in [0.2, 0.25) is 5.02 Å². The number of nitrogens with zero attached hydrogens (tertiary/aromatic N) is 1. The molecule has 0 aromatic heterocycles. The molecule has 1 fully saturated rings. The van der Waals surface area contributed by atoms with Gasteiger partial charge in [-0.1, -0.05) is 17.7 Å². The number of aryl methyl sites for hydroxylation is 1. The van der Waals surface area contributed by atoms with Crippen molar-refractivity contribution in [3.05, 3.63) is 28.8 Å². The van der Waals surface area contributed by atoms with E-state index in [4.69, 9.17) is 16.3 Å². The molecule has 1 amide bonds. The Labute approximate surface area is 190 Å². The van der Waals surface area contributed by atoms with Gasteiger partial charge in [0.25, 0.3) is 0 Å². The first-order chi connectivity index (χ1) is 13.1. The summed E-state index contributed by atoms with van der Waals surface area (Å²) in [5, 5.41) is 9.76.